The molecule has 0 aliphatic heterocycles. The predicted molar refractivity (Wildman–Crippen MR) is 127 cm³/mol. The van der Waals surface area contributed by atoms with Crippen molar-refractivity contribution in [2.75, 3.05) is 17.1 Å². The lowest BCUT2D eigenvalue weighted by Crippen LogP contribution is -2.13. The number of hydrogen-bond donors (Lipinski definition) is 2. The van der Waals surface area contributed by atoms with Crippen molar-refractivity contribution in [3.8, 4) is 28.7 Å². The summed E-state index contributed by atoms with van der Waals surface area (Å²) in [7, 11) is -2.28. The fraction of sp³-hybridized carbons (Fsp3) is 0.0833. The minimum atomic E-state index is -3.85. The number of nitrogens with zero attached hydrogens (tertiary/aromatic N) is 2. The van der Waals surface area contributed by atoms with Gasteiger partial charge in [0.2, 0.25) is 11.8 Å². The fourth-order valence-electron chi connectivity index (χ4n) is 3.13. The number of benzene rings is 3. The molecule has 0 fully saturated rings. The molecule has 0 spiro atoms. The van der Waals surface area contributed by atoms with Gasteiger partial charge in [0.25, 0.3) is 10.0 Å². The highest BCUT2D eigenvalue weighted by Crippen LogP contribution is 2.31. The Morgan fingerprint density at radius 2 is 1.70 bits per heavy atom. The van der Waals surface area contributed by atoms with E-state index in [1.165, 1.54) is 12.1 Å². The maximum atomic E-state index is 13.0. The van der Waals surface area contributed by atoms with E-state index in [0.29, 0.717) is 28.5 Å². The maximum Gasteiger partial charge on any atom is 0.261 e. The molecule has 4 rings (SSSR count). The van der Waals surface area contributed by atoms with Gasteiger partial charge in [-0.3, -0.25) is 4.72 Å². The van der Waals surface area contributed by atoms with Crippen LogP contribution in [0.2, 0.25) is 0 Å². The van der Waals surface area contributed by atoms with Crippen LogP contribution >= 0.6 is 0 Å². The third-order valence-corrected chi connectivity index (χ3v) is 6.05. The SMILES string of the molecule is C=C(C)Nc1ccc(S(=O)(=O)Nc2ccccc2-c2nnc(-c3cccc(OC)c3)o2)cc1. The Labute approximate surface area is 192 Å². The number of rotatable bonds is 8. The van der Waals surface area contributed by atoms with Crippen molar-refractivity contribution < 1.29 is 17.6 Å². The Bertz CT molecular complexity index is 1400. The standard InChI is InChI=1S/C24H22N4O4S/c1-16(2)25-18-11-13-20(14-12-18)33(29,30)28-22-10-5-4-9-21(22)24-27-26-23(32-24)17-7-6-8-19(15-17)31-3/h4-15,25,28H,1H2,2-3H3. The van der Waals surface area contributed by atoms with Gasteiger partial charge in [0.05, 0.1) is 23.3 Å². The van der Waals surface area contributed by atoms with Gasteiger partial charge in [-0.15, -0.1) is 10.2 Å². The molecule has 0 aliphatic rings. The monoisotopic (exact) mass is 462 g/mol. The van der Waals surface area contributed by atoms with Gasteiger partial charge in [0, 0.05) is 16.9 Å². The van der Waals surface area contributed by atoms with Gasteiger partial charge >= 0.3 is 0 Å². The third kappa shape index (κ3) is 5.04. The Morgan fingerprint density at radius 3 is 2.42 bits per heavy atom. The van der Waals surface area contributed by atoms with Crippen molar-refractivity contribution in [2.24, 2.45) is 0 Å². The van der Waals surface area contributed by atoms with Crippen molar-refractivity contribution in [3.05, 3.63) is 85.1 Å². The summed E-state index contributed by atoms with van der Waals surface area (Å²) in [6, 6.07) is 20.4. The average Bonchev–Trinajstić information content (AvgIpc) is 3.29. The molecule has 168 valence electrons. The number of aromatic nitrogens is 2. The van der Waals surface area contributed by atoms with E-state index < -0.39 is 10.0 Å². The van der Waals surface area contributed by atoms with Gasteiger partial charge in [-0.25, -0.2) is 8.42 Å². The highest BCUT2D eigenvalue weighted by molar-refractivity contribution is 7.92. The van der Waals surface area contributed by atoms with Gasteiger partial charge < -0.3 is 14.5 Å². The summed E-state index contributed by atoms with van der Waals surface area (Å²) >= 11 is 0. The summed E-state index contributed by atoms with van der Waals surface area (Å²) in [5.41, 5.74) is 2.98. The smallest absolute Gasteiger partial charge is 0.261 e. The van der Waals surface area contributed by atoms with E-state index in [1.807, 2.05) is 25.1 Å². The number of sulfonamides is 1. The summed E-state index contributed by atoms with van der Waals surface area (Å²) in [6.07, 6.45) is 0. The second-order valence-corrected chi connectivity index (χ2v) is 8.91. The molecule has 0 radical (unpaired) electrons. The lowest BCUT2D eigenvalue weighted by Gasteiger charge is -2.11. The first-order valence-corrected chi connectivity index (χ1v) is 11.5. The molecule has 33 heavy (non-hydrogen) atoms. The highest BCUT2D eigenvalue weighted by atomic mass is 32.2. The topological polar surface area (TPSA) is 106 Å². The molecule has 0 saturated carbocycles. The summed E-state index contributed by atoms with van der Waals surface area (Å²) in [4.78, 5) is 0.118. The van der Waals surface area contributed by atoms with Crippen LogP contribution in [0.3, 0.4) is 0 Å². The first-order chi connectivity index (χ1) is 15.9. The lowest BCUT2D eigenvalue weighted by atomic mass is 10.2. The molecular formula is C24H22N4O4S. The Balaban J connectivity index is 1.62. The first-order valence-electron chi connectivity index (χ1n) is 9.98. The minimum absolute atomic E-state index is 0.118. The molecule has 1 aromatic heterocycles. The number of methoxy groups -OCH3 is 1. The van der Waals surface area contributed by atoms with Crippen LogP contribution in [0.1, 0.15) is 6.92 Å². The van der Waals surface area contributed by atoms with Crippen LogP contribution in [0, 0.1) is 0 Å². The molecule has 4 aromatic rings. The molecule has 9 heteroatoms. The van der Waals surface area contributed by atoms with E-state index >= 15 is 0 Å². The molecule has 2 N–H and O–H groups in total. The van der Waals surface area contributed by atoms with Crippen molar-refractivity contribution in [3.63, 3.8) is 0 Å². The molecule has 0 bridgehead atoms. The van der Waals surface area contributed by atoms with E-state index in [4.69, 9.17) is 9.15 Å². The van der Waals surface area contributed by atoms with E-state index in [1.54, 1.807) is 49.6 Å². The maximum absolute atomic E-state index is 13.0. The van der Waals surface area contributed by atoms with Gasteiger partial charge in [-0.05, 0) is 61.5 Å². The summed E-state index contributed by atoms with van der Waals surface area (Å²) in [5.74, 6) is 1.14. The minimum Gasteiger partial charge on any atom is -0.497 e. The quantitative estimate of drug-likeness (QED) is 0.372. The van der Waals surface area contributed by atoms with Crippen LogP contribution in [0.5, 0.6) is 5.75 Å². The van der Waals surface area contributed by atoms with Gasteiger partial charge in [0.1, 0.15) is 5.75 Å². The zero-order valence-electron chi connectivity index (χ0n) is 18.1. The zero-order chi connectivity index (χ0) is 23.4. The van der Waals surface area contributed by atoms with E-state index in [-0.39, 0.29) is 10.8 Å². The van der Waals surface area contributed by atoms with Gasteiger partial charge in [-0.1, -0.05) is 24.8 Å². The second-order valence-electron chi connectivity index (χ2n) is 7.23. The summed E-state index contributed by atoms with van der Waals surface area (Å²) in [6.45, 7) is 5.60. The van der Waals surface area contributed by atoms with Crippen LogP contribution in [0.25, 0.3) is 22.9 Å². The van der Waals surface area contributed by atoms with Crippen molar-refractivity contribution in [2.45, 2.75) is 11.8 Å². The molecule has 0 saturated heterocycles. The normalized spacial score (nSPS) is 11.1. The van der Waals surface area contributed by atoms with Gasteiger partial charge in [0.15, 0.2) is 0 Å². The first kappa shape index (κ1) is 22.1. The summed E-state index contributed by atoms with van der Waals surface area (Å²) < 4.78 is 39.7. The molecule has 0 atom stereocenters. The molecule has 0 amide bonds. The third-order valence-electron chi connectivity index (χ3n) is 4.67. The van der Waals surface area contributed by atoms with Crippen molar-refractivity contribution in [1.82, 2.24) is 10.2 Å². The Hall–Kier alpha value is -4.11. The molecule has 0 unspecified atom stereocenters. The number of allylic oxidation sites excluding steroid dienone is 1. The van der Waals surface area contributed by atoms with Crippen LogP contribution in [0.4, 0.5) is 11.4 Å². The second kappa shape index (κ2) is 9.17. The Kier molecular flexibility index (Phi) is 6.14. The molecule has 0 aliphatic carbocycles. The van der Waals surface area contributed by atoms with Crippen molar-refractivity contribution in [1.29, 1.82) is 0 Å². The van der Waals surface area contributed by atoms with Gasteiger partial charge in [-0.2, -0.15) is 0 Å². The predicted octanol–water partition coefficient (Wildman–Crippen LogP) is 5.16. The lowest BCUT2D eigenvalue weighted by molar-refractivity contribution is 0.415. The molecule has 1 heterocycles. The number of ether oxygens (including phenoxy) is 1. The zero-order valence-corrected chi connectivity index (χ0v) is 18.9. The fourth-order valence-corrected chi connectivity index (χ4v) is 4.21. The average molecular weight is 463 g/mol. The Morgan fingerprint density at radius 1 is 0.970 bits per heavy atom. The van der Waals surface area contributed by atoms with Crippen LogP contribution in [0.15, 0.2) is 94.4 Å². The van der Waals surface area contributed by atoms with Crippen LogP contribution in [-0.4, -0.2) is 25.7 Å². The van der Waals surface area contributed by atoms with E-state index in [2.05, 4.69) is 26.8 Å². The number of nitrogens with one attached hydrogen (secondary N) is 2. The number of hydrogen-bond acceptors (Lipinski definition) is 7. The summed E-state index contributed by atoms with van der Waals surface area (Å²) in [5, 5.41) is 11.3. The molecular weight excluding hydrogens is 440 g/mol. The molecule has 8 nitrogen and oxygen atoms in total. The highest BCUT2D eigenvalue weighted by Gasteiger charge is 2.19. The van der Waals surface area contributed by atoms with E-state index in [0.717, 1.165) is 11.4 Å². The number of anilines is 2. The van der Waals surface area contributed by atoms with Crippen LogP contribution < -0.4 is 14.8 Å². The van der Waals surface area contributed by atoms with Crippen LogP contribution in [-0.2, 0) is 10.0 Å². The largest absolute Gasteiger partial charge is 0.497 e. The van der Waals surface area contributed by atoms with Crippen molar-refractivity contribution >= 4 is 21.4 Å². The number of para-hydroxylation sites is 1. The van der Waals surface area contributed by atoms with E-state index in [9.17, 15) is 8.42 Å². The molecule has 3 aromatic carbocycles.